The van der Waals surface area contributed by atoms with Gasteiger partial charge in [0, 0.05) is 18.1 Å². The first kappa shape index (κ1) is 17.0. The lowest BCUT2D eigenvalue weighted by molar-refractivity contribution is -0.114. The van der Waals surface area contributed by atoms with Crippen LogP contribution >= 0.6 is 11.6 Å². The summed E-state index contributed by atoms with van der Waals surface area (Å²) in [4.78, 5) is 22.7. The molecule has 0 saturated carbocycles. The normalized spacial score (nSPS) is 10.3. The molecule has 4 nitrogen and oxygen atoms in total. The Morgan fingerprint density at radius 1 is 1.17 bits per heavy atom. The molecule has 2 aromatic rings. The molecule has 2 rings (SSSR count). The minimum absolute atomic E-state index is 0.0764. The van der Waals surface area contributed by atoms with Crippen LogP contribution in [0.5, 0.6) is 5.75 Å². The Labute approximate surface area is 138 Å². The summed E-state index contributed by atoms with van der Waals surface area (Å²) in [6, 6.07) is 8.74. The van der Waals surface area contributed by atoms with Gasteiger partial charge >= 0.3 is 0 Å². The second-order valence-corrected chi connectivity index (χ2v) is 5.38. The number of ether oxygens (including phenoxy) is 1. The molecule has 0 heterocycles. The monoisotopic (exact) mass is 335 g/mol. The number of ketones is 1. The molecule has 0 spiro atoms. The number of hydrogen-bond donors (Lipinski definition) is 1. The van der Waals surface area contributed by atoms with Gasteiger partial charge in [-0.1, -0.05) is 17.7 Å². The minimum Gasteiger partial charge on any atom is -0.487 e. The van der Waals surface area contributed by atoms with Crippen molar-refractivity contribution in [2.45, 2.75) is 20.5 Å². The lowest BCUT2D eigenvalue weighted by Gasteiger charge is -2.13. The van der Waals surface area contributed by atoms with E-state index in [-0.39, 0.29) is 23.3 Å². The van der Waals surface area contributed by atoms with E-state index in [2.05, 4.69) is 5.32 Å². The van der Waals surface area contributed by atoms with Gasteiger partial charge in [-0.3, -0.25) is 9.59 Å². The molecule has 0 aliphatic heterocycles. The standard InChI is InChI=1S/C17H15ClFNO3/c1-10(21)12-4-6-16(20-11(2)22)17(7-12)23-9-13-3-5-14(19)8-15(13)18/h3-8H,9H2,1-2H3,(H,20,22). The van der Waals surface area contributed by atoms with E-state index in [1.54, 1.807) is 18.2 Å². The second kappa shape index (κ2) is 7.24. The summed E-state index contributed by atoms with van der Waals surface area (Å²) in [5.74, 6) is -0.473. The number of carbonyl (C=O) groups is 2. The first-order valence-corrected chi connectivity index (χ1v) is 7.24. The Balaban J connectivity index is 2.26. The molecule has 2 aromatic carbocycles. The maximum Gasteiger partial charge on any atom is 0.221 e. The number of hydrogen-bond acceptors (Lipinski definition) is 3. The van der Waals surface area contributed by atoms with Crippen molar-refractivity contribution in [2.24, 2.45) is 0 Å². The fourth-order valence-electron chi connectivity index (χ4n) is 1.95. The number of anilines is 1. The zero-order chi connectivity index (χ0) is 17.0. The Morgan fingerprint density at radius 3 is 2.52 bits per heavy atom. The minimum atomic E-state index is -0.434. The average molecular weight is 336 g/mol. The summed E-state index contributed by atoms with van der Waals surface area (Å²) in [7, 11) is 0. The van der Waals surface area contributed by atoms with Crippen LogP contribution < -0.4 is 10.1 Å². The van der Waals surface area contributed by atoms with E-state index in [1.165, 1.54) is 32.0 Å². The molecule has 0 aliphatic carbocycles. The SMILES string of the molecule is CC(=O)Nc1ccc(C(C)=O)cc1OCc1ccc(F)cc1Cl. The molecule has 120 valence electrons. The zero-order valence-electron chi connectivity index (χ0n) is 12.7. The molecule has 0 aromatic heterocycles. The fraction of sp³-hybridized carbons (Fsp3) is 0.176. The largest absolute Gasteiger partial charge is 0.487 e. The third-order valence-electron chi connectivity index (χ3n) is 3.10. The van der Waals surface area contributed by atoms with Crippen LogP contribution in [0.2, 0.25) is 5.02 Å². The van der Waals surface area contributed by atoms with Crippen molar-refractivity contribution in [3.63, 3.8) is 0 Å². The molecule has 6 heteroatoms. The van der Waals surface area contributed by atoms with Crippen LogP contribution in [0.25, 0.3) is 0 Å². The first-order valence-electron chi connectivity index (χ1n) is 6.86. The van der Waals surface area contributed by atoms with Crippen LogP contribution in [0.15, 0.2) is 36.4 Å². The topological polar surface area (TPSA) is 55.4 Å². The molecule has 0 bridgehead atoms. The van der Waals surface area contributed by atoms with Crippen molar-refractivity contribution >= 4 is 29.0 Å². The quantitative estimate of drug-likeness (QED) is 0.832. The third-order valence-corrected chi connectivity index (χ3v) is 3.45. The fourth-order valence-corrected chi connectivity index (χ4v) is 2.17. The van der Waals surface area contributed by atoms with Crippen LogP contribution in [0, 0.1) is 5.82 Å². The van der Waals surface area contributed by atoms with E-state index in [9.17, 15) is 14.0 Å². The van der Waals surface area contributed by atoms with E-state index in [1.807, 2.05) is 0 Å². The van der Waals surface area contributed by atoms with Gasteiger partial charge in [0.2, 0.25) is 5.91 Å². The molecular formula is C17H15ClFNO3. The first-order chi connectivity index (χ1) is 10.9. The Bertz CT molecular complexity index is 761. The predicted octanol–water partition coefficient (Wildman–Crippen LogP) is 4.22. The smallest absolute Gasteiger partial charge is 0.221 e. The van der Waals surface area contributed by atoms with Gasteiger partial charge < -0.3 is 10.1 Å². The summed E-state index contributed by atoms with van der Waals surface area (Å²) in [6.45, 7) is 2.89. The van der Waals surface area contributed by atoms with Crippen molar-refractivity contribution < 1.29 is 18.7 Å². The lowest BCUT2D eigenvalue weighted by atomic mass is 10.1. The maximum atomic E-state index is 13.0. The molecule has 0 atom stereocenters. The molecule has 0 radical (unpaired) electrons. The highest BCUT2D eigenvalue weighted by Crippen LogP contribution is 2.28. The van der Waals surface area contributed by atoms with Gasteiger partial charge in [0.25, 0.3) is 0 Å². The predicted molar refractivity (Wildman–Crippen MR) is 86.5 cm³/mol. The number of Topliss-reactive ketones (excluding diaryl/α,β-unsaturated/α-hetero) is 1. The van der Waals surface area contributed by atoms with Gasteiger partial charge in [0.1, 0.15) is 18.2 Å². The van der Waals surface area contributed by atoms with Gasteiger partial charge in [-0.25, -0.2) is 4.39 Å². The third kappa shape index (κ3) is 4.53. The maximum absolute atomic E-state index is 13.0. The summed E-state index contributed by atoms with van der Waals surface area (Å²) >= 11 is 5.96. The zero-order valence-corrected chi connectivity index (χ0v) is 13.4. The molecular weight excluding hydrogens is 321 g/mol. The second-order valence-electron chi connectivity index (χ2n) is 4.97. The molecule has 0 saturated heterocycles. The summed E-state index contributed by atoms with van der Waals surface area (Å²) < 4.78 is 18.7. The van der Waals surface area contributed by atoms with Gasteiger partial charge in [-0.15, -0.1) is 0 Å². The number of benzene rings is 2. The van der Waals surface area contributed by atoms with Gasteiger partial charge in [0.05, 0.1) is 10.7 Å². The van der Waals surface area contributed by atoms with Crippen molar-refractivity contribution in [3.05, 3.63) is 58.4 Å². The molecule has 23 heavy (non-hydrogen) atoms. The Kier molecular flexibility index (Phi) is 5.34. The highest BCUT2D eigenvalue weighted by Gasteiger charge is 2.11. The molecule has 1 amide bonds. The Morgan fingerprint density at radius 2 is 1.91 bits per heavy atom. The summed E-state index contributed by atoms with van der Waals surface area (Å²) in [6.07, 6.45) is 0. The van der Waals surface area contributed by atoms with Gasteiger partial charge in [-0.2, -0.15) is 0 Å². The van der Waals surface area contributed by atoms with E-state index in [4.69, 9.17) is 16.3 Å². The molecule has 0 aliphatic rings. The van der Waals surface area contributed by atoms with Crippen LogP contribution in [-0.4, -0.2) is 11.7 Å². The number of amides is 1. The van der Waals surface area contributed by atoms with Crippen LogP contribution in [-0.2, 0) is 11.4 Å². The highest BCUT2D eigenvalue weighted by molar-refractivity contribution is 6.31. The van der Waals surface area contributed by atoms with E-state index >= 15 is 0 Å². The highest BCUT2D eigenvalue weighted by atomic mass is 35.5. The van der Waals surface area contributed by atoms with Crippen LogP contribution in [0.4, 0.5) is 10.1 Å². The van der Waals surface area contributed by atoms with Crippen LogP contribution in [0.3, 0.4) is 0 Å². The number of halogens is 2. The average Bonchev–Trinajstić information content (AvgIpc) is 2.46. The van der Waals surface area contributed by atoms with E-state index in [0.717, 1.165) is 0 Å². The summed E-state index contributed by atoms with van der Waals surface area (Å²) in [5.41, 5.74) is 1.50. The van der Waals surface area contributed by atoms with Crippen molar-refractivity contribution in [3.8, 4) is 5.75 Å². The number of carbonyl (C=O) groups excluding carboxylic acids is 2. The van der Waals surface area contributed by atoms with Gasteiger partial charge in [-0.05, 0) is 37.3 Å². The van der Waals surface area contributed by atoms with Gasteiger partial charge in [0.15, 0.2) is 5.78 Å². The number of rotatable bonds is 5. The Hall–Kier alpha value is -2.40. The van der Waals surface area contributed by atoms with Crippen molar-refractivity contribution in [1.29, 1.82) is 0 Å². The van der Waals surface area contributed by atoms with Crippen LogP contribution in [0.1, 0.15) is 29.8 Å². The number of nitrogens with one attached hydrogen (secondary N) is 1. The molecule has 1 N–H and O–H groups in total. The molecule has 0 fully saturated rings. The van der Waals surface area contributed by atoms with E-state index < -0.39 is 5.82 Å². The van der Waals surface area contributed by atoms with Crippen molar-refractivity contribution in [1.82, 2.24) is 0 Å². The van der Waals surface area contributed by atoms with E-state index in [0.29, 0.717) is 22.6 Å². The summed E-state index contributed by atoms with van der Waals surface area (Å²) in [5, 5.41) is 2.88. The lowest BCUT2D eigenvalue weighted by Crippen LogP contribution is -2.09. The van der Waals surface area contributed by atoms with Crippen molar-refractivity contribution in [2.75, 3.05) is 5.32 Å². The molecule has 0 unspecified atom stereocenters.